The molecule has 0 fully saturated rings. The summed E-state index contributed by atoms with van der Waals surface area (Å²) in [6, 6.07) is 16.4. The fraction of sp³-hybridized carbons (Fsp3) is 0.167. The minimum Gasteiger partial charge on any atom is -0.360 e. The highest BCUT2D eigenvalue weighted by Crippen LogP contribution is 2.35. The Morgan fingerprint density at radius 2 is 1.77 bits per heavy atom. The number of carbonyl (C=O) groups is 1. The summed E-state index contributed by atoms with van der Waals surface area (Å²) in [5, 5.41) is 1.21. The van der Waals surface area contributed by atoms with Gasteiger partial charge in [-0.15, -0.1) is 0 Å². The summed E-state index contributed by atoms with van der Waals surface area (Å²) in [5.74, 6) is 0.118. The predicted octanol–water partition coefficient (Wildman–Crippen LogP) is 3.95. The number of H-pyrrole nitrogens is 1. The van der Waals surface area contributed by atoms with Crippen LogP contribution in [0.4, 0.5) is 0 Å². The van der Waals surface area contributed by atoms with Gasteiger partial charge in [0.25, 0.3) is 0 Å². The Balaban J connectivity index is 1.91. The SMILES string of the molecule is CN(C)C(=O)Cc1ccccc1Sc1c[nH]c2ccccc12. The molecule has 0 saturated carbocycles. The van der Waals surface area contributed by atoms with E-state index in [-0.39, 0.29) is 5.91 Å². The lowest BCUT2D eigenvalue weighted by atomic mass is 10.1. The van der Waals surface area contributed by atoms with Gasteiger partial charge in [-0.1, -0.05) is 48.2 Å². The number of hydrogen-bond acceptors (Lipinski definition) is 2. The molecule has 1 amide bonds. The fourth-order valence-electron chi connectivity index (χ4n) is 2.32. The molecule has 1 heterocycles. The topological polar surface area (TPSA) is 36.1 Å². The molecule has 3 nitrogen and oxygen atoms in total. The lowest BCUT2D eigenvalue weighted by Crippen LogP contribution is -2.23. The third-order valence-corrected chi connectivity index (χ3v) is 4.76. The van der Waals surface area contributed by atoms with Crippen LogP contribution < -0.4 is 0 Å². The lowest BCUT2D eigenvalue weighted by molar-refractivity contribution is -0.127. The van der Waals surface area contributed by atoms with E-state index in [1.54, 1.807) is 30.8 Å². The first kappa shape index (κ1) is 14.7. The smallest absolute Gasteiger partial charge is 0.226 e. The fourth-order valence-corrected chi connectivity index (χ4v) is 3.38. The van der Waals surface area contributed by atoms with Crippen LogP contribution in [0.1, 0.15) is 5.56 Å². The molecule has 0 aliphatic heterocycles. The molecule has 3 rings (SSSR count). The highest BCUT2D eigenvalue weighted by molar-refractivity contribution is 7.99. The average Bonchev–Trinajstić information content (AvgIpc) is 2.92. The van der Waals surface area contributed by atoms with E-state index in [0.717, 1.165) is 16.0 Å². The van der Waals surface area contributed by atoms with Crippen molar-refractivity contribution in [3.63, 3.8) is 0 Å². The Labute approximate surface area is 134 Å². The van der Waals surface area contributed by atoms with E-state index in [1.807, 2.05) is 36.5 Å². The summed E-state index contributed by atoms with van der Waals surface area (Å²) in [4.78, 5) is 19.2. The molecule has 112 valence electrons. The van der Waals surface area contributed by atoms with Crippen LogP contribution in [-0.2, 0) is 11.2 Å². The second kappa shape index (κ2) is 6.28. The van der Waals surface area contributed by atoms with Gasteiger partial charge in [-0.25, -0.2) is 0 Å². The lowest BCUT2D eigenvalue weighted by Gasteiger charge is -2.12. The molecule has 0 aliphatic carbocycles. The molecule has 0 saturated heterocycles. The third-order valence-electron chi connectivity index (χ3n) is 3.58. The van der Waals surface area contributed by atoms with Gasteiger partial charge in [0.2, 0.25) is 5.91 Å². The Bertz CT molecular complexity index is 807. The maximum Gasteiger partial charge on any atom is 0.226 e. The minimum atomic E-state index is 0.118. The molecule has 22 heavy (non-hydrogen) atoms. The maximum atomic E-state index is 12.0. The zero-order valence-corrected chi connectivity index (χ0v) is 13.5. The number of rotatable bonds is 4. The Morgan fingerprint density at radius 3 is 2.59 bits per heavy atom. The second-order valence-electron chi connectivity index (χ2n) is 5.37. The Morgan fingerprint density at radius 1 is 1.05 bits per heavy atom. The first-order valence-electron chi connectivity index (χ1n) is 7.17. The Hall–Kier alpha value is -2.20. The zero-order valence-electron chi connectivity index (χ0n) is 12.7. The molecular formula is C18H18N2OS. The molecule has 0 spiro atoms. The van der Waals surface area contributed by atoms with Gasteiger partial charge in [-0.05, 0) is 17.7 Å². The van der Waals surface area contributed by atoms with Gasteiger partial charge in [-0.3, -0.25) is 4.79 Å². The van der Waals surface area contributed by atoms with Crippen molar-refractivity contribution in [2.75, 3.05) is 14.1 Å². The van der Waals surface area contributed by atoms with Crippen molar-refractivity contribution in [3.05, 3.63) is 60.3 Å². The van der Waals surface area contributed by atoms with Crippen LogP contribution in [0.25, 0.3) is 10.9 Å². The average molecular weight is 310 g/mol. The zero-order chi connectivity index (χ0) is 15.5. The number of carbonyl (C=O) groups excluding carboxylic acids is 1. The van der Waals surface area contributed by atoms with Gasteiger partial charge >= 0.3 is 0 Å². The highest BCUT2D eigenvalue weighted by atomic mass is 32.2. The van der Waals surface area contributed by atoms with Gasteiger partial charge in [0, 0.05) is 41.0 Å². The van der Waals surface area contributed by atoms with Crippen molar-refractivity contribution in [2.45, 2.75) is 16.2 Å². The van der Waals surface area contributed by atoms with E-state index in [2.05, 4.69) is 23.2 Å². The van der Waals surface area contributed by atoms with Crippen LogP contribution >= 0.6 is 11.8 Å². The molecule has 4 heteroatoms. The number of likely N-dealkylation sites (N-methyl/N-ethyl adjacent to an activating group) is 1. The van der Waals surface area contributed by atoms with Gasteiger partial charge in [0.1, 0.15) is 0 Å². The molecule has 2 aromatic carbocycles. The monoisotopic (exact) mass is 310 g/mol. The molecule has 3 aromatic rings. The summed E-state index contributed by atoms with van der Waals surface area (Å²) < 4.78 is 0. The summed E-state index contributed by atoms with van der Waals surface area (Å²) in [6.45, 7) is 0. The van der Waals surface area contributed by atoms with Crippen LogP contribution in [0.3, 0.4) is 0 Å². The standard InChI is InChI=1S/C18H18N2OS/c1-20(2)18(21)11-13-7-3-6-10-16(13)22-17-12-19-15-9-5-4-8-14(15)17/h3-10,12,19H,11H2,1-2H3. The van der Waals surface area contributed by atoms with Crippen LogP contribution in [-0.4, -0.2) is 29.9 Å². The summed E-state index contributed by atoms with van der Waals surface area (Å²) >= 11 is 1.70. The van der Waals surface area contributed by atoms with Crippen molar-refractivity contribution >= 4 is 28.6 Å². The minimum absolute atomic E-state index is 0.118. The van der Waals surface area contributed by atoms with Crippen molar-refractivity contribution < 1.29 is 4.79 Å². The number of para-hydroxylation sites is 1. The van der Waals surface area contributed by atoms with Gasteiger partial charge < -0.3 is 9.88 Å². The molecule has 1 aromatic heterocycles. The molecule has 0 atom stereocenters. The van der Waals surface area contributed by atoms with Gasteiger partial charge in [0.05, 0.1) is 6.42 Å². The number of nitrogens with one attached hydrogen (secondary N) is 1. The van der Waals surface area contributed by atoms with Crippen molar-refractivity contribution in [3.8, 4) is 0 Å². The molecule has 0 bridgehead atoms. The van der Waals surface area contributed by atoms with Gasteiger partial charge in [-0.2, -0.15) is 0 Å². The van der Waals surface area contributed by atoms with E-state index in [4.69, 9.17) is 0 Å². The van der Waals surface area contributed by atoms with E-state index in [9.17, 15) is 4.79 Å². The number of fused-ring (bicyclic) bond motifs is 1. The van der Waals surface area contributed by atoms with Crippen LogP contribution in [0.5, 0.6) is 0 Å². The molecule has 0 radical (unpaired) electrons. The van der Waals surface area contributed by atoms with Crippen molar-refractivity contribution in [1.82, 2.24) is 9.88 Å². The number of benzene rings is 2. The van der Waals surface area contributed by atoms with Crippen molar-refractivity contribution in [1.29, 1.82) is 0 Å². The normalized spacial score (nSPS) is 10.8. The van der Waals surface area contributed by atoms with Crippen molar-refractivity contribution in [2.24, 2.45) is 0 Å². The van der Waals surface area contributed by atoms with Crippen LogP contribution in [0, 0.1) is 0 Å². The molecular weight excluding hydrogens is 292 g/mol. The number of amides is 1. The first-order chi connectivity index (χ1) is 10.6. The molecule has 1 N–H and O–H groups in total. The number of aromatic amines is 1. The maximum absolute atomic E-state index is 12.0. The number of nitrogens with zero attached hydrogens (tertiary/aromatic N) is 1. The number of aromatic nitrogens is 1. The summed E-state index contributed by atoms with van der Waals surface area (Å²) in [6.07, 6.45) is 2.46. The third kappa shape index (κ3) is 3.02. The first-order valence-corrected chi connectivity index (χ1v) is 7.99. The molecule has 0 unspecified atom stereocenters. The largest absolute Gasteiger partial charge is 0.360 e. The van der Waals surface area contributed by atoms with Crippen LogP contribution in [0.2, 0.25) is 0 Å². The second-order valence-corrected chi connectivity index (χ2v) is 6.46. The molecule has 0 aliphatic rings. The summed E-state index contributed by atoms with van der Waals surface area (Å²) in [5.41, 5.74) is 2.20. The van der Waals surface area contributed by atoms with Crippen LogP contribution in [0.15, 0.2) is 64.5 Å². The quantitative estimate of drug-likeness (QED) is 0.792. The van der Waals surface area contributed by atoms with E-state index < -0.39 is 0 Å². The van der Waals surface area contributed by atoms with Gasteiger partial charge in [0.15, 0.2) is 0 Å². The van der Waals surface area contributed by atoms with E-state index in [0.29, 0.717) is 6.42 Å². The summed E-state index contributed by atoms with van der Waals surface area (Å²) in [7, 11) is 3.58. The van der Waals surface area contributed by atoms with E-state index >= 15 is 0 Å². The Kier molecular flexibility index (Phi) is 4.20. The highest BCUT2D eigenvalue weighted by Gasteiger charge is 2.12. The predicted molar refractivity (Wildman–Crippen MR) is 91.3 cm³/mol. The number of hydrogen-bond donors (Lipinski definition) is 1. The van der Waals surface area contributed by atoms with E-state index in [1.165, 1.54) is 10.3 Å².